The van der Waals surface area contributed by atoms with E-state index in [0.29, 0.717) is 45.4 Å². The maximum absolute atomic E-state index is 12.8. The van der Waals surface area contributed by atoms with Gasteiger partial charge < -0.3 is 39.6 Å². The number of rotatable bonds is 12. The number of hydrogen-bond acceptors (Lipinski definition) is 10. The topological polar surface area (TPSA) is 150 Å². The van der Waals surface area contributed by atoms with Gasteiger partial charge in [0.05, 0.1) is 49.7 Å². The van der Waals surface area contributed by atoms with E-state index in [0.717, 1.165) is 25.2 Å². The minimum atomic E-state index is -1.13. The van der Waals surface area contributed by atoms with Gasteiger partial charge in [0, 0.05) is 44.4 Å². The van der Waals surface area contributed by atoms with Gasteiger partial charge in [0.25, 0.3) is 0 Å². The van der Waals surface area contributed by atoms with Crippen molar-refractivity contribution in [2.24, 2.45) is 17.8 Å². The lowest BCUT2D eigenvalue weighted by atomic mass is 9.91. The van der Waals surface area contributed by atoms with Crippen molar-refractivity contribution < 1.29 is 43.9 Å². The Labute approximate surface area is 275 Å². The Bertz CT molecular complexity index is 1050. The van der Waals surface area contributed by atoms with Crippen molar-refractivity contribution in [3.05, 3.63) is 36.0 Å². The quantitative estimate of drug-likeness (QED) is 0.107. The van der Waals surface area contributed by atoms with Crippen LogP contribution in [0.3, 0.4) is 0 Å². The Kier molecular flexibility index (Phi) is 15.2. The highest BCUT2D eigenvalue weighted by Gasteiger charge is 2.47. The molecule has 3 aliphatic heterocycles. The highest BCUT2D eigenvalue weighted by molar-refractivity contribution is 5.70. The summed E-state index contributed by atoms with van der Waals surface area (Å²) < 4.78 is 22.8. The first-order valence-corrected chi connectivity index (χ1v) is 17.0. The summed E-state index contributed by atoms with van der Waals surface area (Å²) in [5.74, 6) is -0.825. The Hall–Kier alpha value is -2.28. The zero-order valence-electron chi connectivity index (χ0n) is 28.6. The zero-order chi connectivity index (χ0) is 33.9. The summed E-state index contributed by atoms with van der Waals surface area (Å²) in [6, 6.07) is 0. The summed E-state index contributed by atoms with van der Waals surface area (Å²) in [5.41, 5.74) is -0.370. The number of esters is 1. The van der Waals surface area contributed by atoms with E-state index in [1.165, 1.54) is 0 Å². The third kappa shape index (κ3) is 12.7. The molecule has 1 amide bonds. The lowest BCUT2D eigenvalue weighted by Gasteiger charge is -2.28. The average Bonchev–Trinajstić information content (AvgIpc) is 3.77. The van der Waals surface area contributed by atoms with Crippen molar-refractivity contribution in [1.82, 2.24) is 10.2 Å². The van der Waals surface area contributed by atoms with Crippen LogP contribution < -0.4 is 5.32 Å². The van der Waals surface area contributed by atoms with Gasteiger partial charge in [-0.2, -0.15) is 0 Å². The summed E-state index contributed by atoms with van der Waals surface area (Å²) in [6.45, 7) is 15.6. The highest BCUT2D eigenvalue weighted by atomic mass is 16.6. The van der Waals surface area contributed by atoms with Crippen LogP contribution in [-0.2, 0) is 23.7 Å². The van der Waals surface area contributed by atoms with Crippen LogP contribution in [0.1, 0.15) is 73.6 Å². The fourth-order valence-electron chi connectivity index (χ4n) is 6.11. The van der Waals surface area contributed by atoms with Crippen molar-refractivity contribution in [2.45, 2.75) is 116 Å². The number of cyclic esters (lactones) is 1. The van der Waals surface area contributed by atoms with Crippen molar-refractivity contribution in [3.8, 4) is 0 Å². The van der Waals surface area contributed by atoms with E-state index in [1.54, 1.807) is 19.1 Å². The van der Waals surface area contributed by atoms with E-state index in [2.05, 4.69) is 10.2 Å². The number of aliphatic hydroxyl groups is 3. The molecule has 2 fully saturated rings. The molecule has 46 heavy (non-hydrogen) atoms. The number of carbonyl (C=O) groups is 2. The summed E-state index contributed by atoms with van der Waals surface area (Å²) in [5, 5.41) is 34.5. The minimum Gasteiger partial charge on any atom is -0.457 e. The number of aliphatic hydroxyl groups excluding tert-OH is 2. The molecule has 0 bridgehead atoms. The molecule has 3 aliphatic rings. The molecule has 2 saturated heterocycles. The summed E-state index contributed by atoms with van der Waals surface area (Å²) in [4.78, 5) is 27.7. The number of nitrogens with zero attached hydrogens (tertiary/aromatic N) is 1. The van der Waals surface area contributed by atoms with E-state index in [1.807, 2.05) is 52.8 Å². The second-order valence-corrected chi connectivity index (χ2v) is 13.6. The Morgan fingerprint density at radius 3 is 2.65 bits per heavy atom. The number of ether oxygens (including phenoxy) is 4. The predicted octanol–water partition coefficient (Wildman–Crippen LogP) is 3.52. The number of carbonyl (C=O) groups excluding carboxylic acids is 2. The lowest BCUT2D eigenvalue weighted by Crippen LogP contribution is -2.42. The van der Waals surface area contributed by atoms with Crippen molar-refractivity contribution in [2.75, 3.05) is 39.4 Å². The fourth-order valence-corrected chi connectivity index (χ4v) is 6.11. The molecule has 0 aromatic rings. The van der Waals surface area contributed by atoms with Crippen LogP contribution >= 0.6 is 0 Å². The average molecular weight is 651 g/mol. The van der Waals surface area contributed by atoms with Crippen molar-refractivity contribution in [3.63, 3.8) is 0 Å². The van der Waals surface area contributed by atoms with E-state index >= 15 is 0 Å². The Morgan fingerprint density at radius 2 is 1.96 bits per heavy atom. The molecule has 262 valence electrons. The third-order valence-corrected chi connectivity index (χ3v) is 9.35. The van der Waals surface area contributed by atoms with Gasteiger partial charge in [-0.1, -0.05) is 52.0 Å². The van der Waals surface area contributed by atoms with Gasteiger partial charge >= 0.3 is 12.1 Å². The van der Waals surface area contributed by atoms with Crippen molar-refractivity contribution >= 4 is 12.1 Å². The molecule has 0 aliphatic carbocycles. The number of hydrogen-bond donors (Lipinski definition) is 4. The molecule has 10 atom stereocenters. The molecule has 0 aromatic heterocycles. The van der Waals surface area contributed by atoms with Crippen LogP contribution in [0, 0.1) is 17.8 Å². The van der Waals surface area contributed by atoms with Crippen LogP contribution in [-0.4, -0.2) is 114 Å². The van der Waals surface area contributed by atoms with Crippen LogP contribution in [0.4, 0.5) is 4.79 Å². The number of epoxide rings is 1. The number of nitrogens with one attached hydrogen (secondary N) is 1. The molecule has 3 rings (SSSR count). The largest absolute Gasteiger partial charge is 0.457 e. The van der Waals surface area contributed by atoms with Crippen LogP contribution in [0.25, 0.3) is 0 Å². The first kappa shape index (κ1) is 38.2. The fraction of sp³-hybridized carbons (Fsp3) is 0.771. The predicted molar refractivity (Wildman–Crippen MR) is 175 cm³/mol. The lowest BCUT2D eigenvalue weighted by molar-refractivity contribution is -0.151. The standard InChI is InChI=1S/C35H58N2O9/c1-7-28(39)26(5)33-30(44-33)22-35(6,42)14-8-9-24(3)32-25(4)11-13-29(23(2)10-12-27(38)21-31(40)46-32)45-34(41)36-15-16-37-17-19-43-20-18-37/h8-9,11,13-14,23,25-30,32-33,38-39,42H,7,10,12,15-22H2,1-6H3,(H,36,41). The number of alkyl carbamates (subject to hydrolysis) is 1. The maximum atomic E-state index is 12.8. The molecular weight excluding hydrogens is 592 g/mol. The van der Waals surface area contributed by atoms with E-state index in [9.17, 15) is 24.9 Å². The molecule has 10 unspecified atom stereocenters. The number of amides is 1. The van der Waals surface area contributed by atoms with Crippen LogP contribution in [0.2, 0.25) is 0 Å². The first-order valence-electron chi connectivity index (χ1n) is 17.0. The van der Waals surface area contributed by atoms with Gasteiger partial charge in [-0.15, -0.1) is 0 Å². The minimum absolute atomic E-state index is 0.00323. The van der Waals surface area contributed by atoms with Gasteiger partial charge in [0.1, 0.15) is 12.2 Å². The van der Waals surface area contributed by atoms with E-state index in [4.69, 9.17) is 18.9 Å². The first-order chi connectivity index (χ1) is 21.8. The monoisotopic (exact) mass is 650 g/mol. The number of morpholine rings is 1. The SMILES string of the molecule is CCC(O)C(C)C1OC1CC(C)(O)C=CC=C(C)C1OC(=O)CC(O)CCC(C)C(OC(=O)NCCN2CCOCC2)C=CC1C. The van der Waals surface area contributed by atoms with E-state index < -0.39 is 42.1 Å². The molecular formula is C35H58N2O9. The highest BCUT2D eigenvalue weighted by Crippen LogP contribution is 2.37. The Morgan fingerprint density at radius 1 is 1.24 bits per heavy atom. The second-order valence-electron chi connectivity index (χ2n) is 13.6. The van der Waals surface area contributed by atoms with Crippen molar-refractivity contribution in [1.29, 1.82) is 0 Å². The Balaban J connectivity index is 1.64. The smallest absolute Gasteiger partial charge is 0.407 e. The molecule has 0 saturated carbocycles. The van der Waals surface area contributed by atoms with Crippen LogP contribution in [0.15, 0.2) is 36.0 Å². The van der Waals surface area contributed by atoms with Gasteiger partial charge in [-0.25, -0.2) is 4.79 Å². The molecule has 0 spiro atoms. The van der Waals surface area contributed by atoms with Crippen LogP contribution in [0.5, 0.6) is 0 Å². The summed E-state index contributed by atoms with van der Waals surface area (Å²) in [7, 11) is 0. The molecule has 3 heterocycles. The number of allylic oxidation sites excluding steroid dienone is 2. The van der Waals surface area contributed by atoms with Gasteiger partial charge in [0.2, 0.25) is 0 Å². The molecule has 4 N–H and O–H groups in total. The van der Waals surface area contributed by atoms with Gasteiger partial charge in [-0.05, 0) is 50.7 Å². The third-order valence-electron chi connectivity index (χ3n) is 9.35. The molecule has 0 aromatic carbocycles. The van der Waals surface area contributed by atoms with Gasteiger partial charge in [-0.3, -0.25) is 9.69 Å². The van der Waals surface area contributed by atoms with E-state index in [-0.39, 0.29) is 36.4 Å². The molecule has 11 nitrogen and oxygen atoms in total. The zero-order valence-corrected chi connectivity index (χ0v) is 28.6. The summed E-state index contributed by atoms with van der Waals surface area (Å²) in [6.07, 6.45) is 7.75. The second kappa shape index (κ2) is 18.3. The normalized spacial score (nSPS) is 32.8. The molecule has 11 heteroatoms. The van der Waals surface area contributed by atoms with Gasteiger partial charge in [0.15, 0.2) is 0 Å². The molecule has 0 radical (unpaired) electrons. The summed E-state index contributed by atoms with van der Waals surface area (Å²) >= 11 is 0. The maximum Gasteiger partial charge on any atom is 0.407 e.